The summed E-state index contributed by atoms with van der Waals surface area (Å²) in [4.78, 5) is 17.6. The highest BCUT2D eigenvalue weighted by Gasteiger charge is 2.19. The second-order valence-electron chi connectivity index (χ2n) is 4.51. The molecular weight excluding hydrogens is 232 g/mol. The summed E-state index contributed by atoms with van der Waals surface area (Å²) in [7, 11) is 0. The number of carboxylic acid groups (broad SMARTS) is 1. The summed E-state index contributed by atoms with van der Waals surface area (Å²) in [6.07, 6.45) is 2.32. The van der Waals surface area contributed by atoms with Crippen LogP contribution in [0, 0.1) is 6.92 Å². The number of fused-ring (bicyclic) bond motifs is 1. The number of aromatic carboxylic acids is 1. The number of imidazole rings is 1. The average Bonchev–Trinajstić information content (AvgIpc) is 2.92. The van der Waals surface area contributed by atoms with Crippen molar-refractivity contribution in [3.63, 3.8) is 0 Å². The minimum absolute atomic E-state index is 0.144. The molecule has 94 valence electrons. The van der Waals surface area contributed by atoms with Gasteiger partial charge in [0.05, 0.1) is 5.69 Å². The van der Waals surface area contributed by atoms with Crippen LogP contribution in [0.3, 0.4) is 0 Å². The normalized spacial score (nSPS) is 15.5. The minimum Gasteiger partial charge on any atom is -0.476 e. The number of aromatic nitrogens is 3. The van der Waals surface area contributed by atoms with Crippen LogP contribution in [0.5, 0.6) is 0 Å². The fourth-order valence-corrected chi connectivity index (χ4v) is 2.39. The van der Waals surface area contributed by atoms with Crippen LogP contribution in [-0.4, -0.2) is 38.8 Å². The van der Waals surface area contributed by atoms with Crippen molar-refractivity contribution in [2.75, 3.05) is 18.0 Å². The van der Waals surface area contributed by atoms with E-state index in [1.807, 2.05) is 12.1 Å². The molecule has 0 amide bonds. The molecular formula is C12H14N4O2. The number of carbonyl (C=O) groups is 1. The van der Waals surface area contributed by atoms with Gasteiger partial charge in [0, 0.05) is 13.1 Å². The molecule has 6 heteroatoms. The van der Waals surface area contributed by atoms with Crippen molar-refractivity contribution in [3.05, 3.63) is 23.5 Å². The van der Waals surface area contributed by atoms with Crippen LogP contribution < -0.4 is 4.90 Å². The molecule has 1 aliphatic heterocycles. The highest BCUT2D eigenvalue weighted by molar-refractivity contribution is 5.88. The van der Waals surface area contributed by atoms with E-state index in [0.29, 0.717) is 11.3 Å². The second-order valence-corrected chi connectivity index (χ2v) is 4.51. The molecule has 2 aromatic heterocycles. The molecule has 1 N–H and O–H groups in total. The van der Waals surface area contributed by atoms with E-state index < -0.39 is 5.97 Å². The Bertz CT molecular complexity index is 614. The Kier molecular flexibility index (Phi) is 2.43. The molecule has 2 aromatic rings. The monoisotopic (exact) mass is 246 g/mol. The van der Waals surface area contributed by atoms with E-state index in [1.165, 1.54) is 4.52 Å². The lowest BCUT2D eigenvalue weighted by Crippen LogP contribution is -2.20. The Labute approximate surface area is 104 Å². The lowest BCUT2D eigenvalue weighted by molar-refractivity contribution is 0.0687. The number of hydrogen-bond acceptors (Lipinski definition) is 4. The SMILES string of the molecule is Cc1nc2ccc(N3CCCC3)nn2c1C(=O)O. The molecule has 0 radical (unpaired) electrons. The highest BCUT2D eigenvalue weighted by atomic mass is 16.4. The summed E-state index contributed by atoms with van der Waals surface area (Å²) in [5, 5.41) is 13.6. The lowest BCUT2D eigenvalue weighted by atomic mass is 10.3. The molecule has 18 heavy (non-hydrogen) atoms. The predicted molar refractivity (Wildman–Crippen MR) is 66.1 cm³/mol. The first kappa shape index (κ1) is 11.0. The van der Waals surface area contributed by atoms with Gasteiger partial charge < -0.3 is 10.0 Å². The average molecular weight is 246 g/mol. The van der Waals surface area contributed by atoms with Gasteiger partial charge in [-0.1, -0.05) is 0 Å². The van der Waals surface area contributed by atoms with Crippen LogP contribution in [0.1, 0.15) is 29.0 Å². The van der Waals surface area contributed by atoms with E-state index >= 15 is 0 Å². The quantitative estimate of drug-likeness (QED) is 0.865. The third kappa shape index (κ3) is 1.61. The molecule has 0 bridgehead atoms. The standard InChI is InChI=1S/C12H14N4O2/c1-8-11(12(17)18)16-9(13-8)4-5-10(14-16)15-6-2-3-7-15/h4-5H,2-3,6-7H2,1H3,(H,17,18). The zero-order chi connectivity index (χ0) is 12.7. The van der Waals surface area contributed by atoms with E-state index in [1.54, 1.807) is 6.92 Å². The summed E-state index contributed by atoms with van der Waals surface area (Å²) in [5.41, 5.74) is 1.22. The topological polar surface area (TPSA) is 70.7 Å². The number of aryl methyl sites for hydroxylation is 1. The third-order valence-corrected chi connectivity index (χ3v) is 3.27. The van der Waals surface area contributed by atoms with E-state index in [0.717, 1.165) is 31.7 Å². The summed E-state index contributed by atoms with van der Waals surface area (Å²) < 4.78 is 1.42. The van der Waals surface area contributed by atoms with E-state index in [2.05, 4.69) is 15.0 Å². The molecule has 0 spiro atoms. The van der Waals surface area contributed by atoms with E-state index in [9.17, 15) is 9.90 Å². The summed E-state index contributed by atoms with van der Waals surface area (Å²) in [6, 6.07) is 3.72. The number of anilines is 1. The van der Waals surface area contributed by atoms with Crippen molar-refractivity contribution in [1.29, 1.82) is 0 Å². The molecule has 0 unspecified atom stereocenters. The van der Waals surface area contributed by atoms with Crippen molar-refractivity contribution in [2.45, 2.75) is 19.8 Å². The van der Waals surface area contributed by atoms with Crippen molar-refractivity contribution < 1.29 is 9.90 Å². The zero-order valence-electron chi connectivity index (χ0n) is 10.1. The molecule has 1 aliphatic rings. The fourth-order valence-electron chi connectivity index (χ4n) is 2.39. The highest BCUT2D eigenvalue weighted by Crippen LogP contribution is 2.19. The van der Waals surface area contributed by atoms with E-state index in [-0.39, 0.29) is 5.69 Å². The Balaban J connectivity index is 2.14. The summed E-state index contributed by atoms with van der Waals surface area (Å²) in [5.74, 6) is -0.175. The summed E-state index contributed by atoms with van der Waals surface area (Å²) >= 11 is 0. The zero-order valence-corrected chi connectivity index (χ0v) is 10.1. The molecule has 0 saturated carbocycles. The van der Waals surface area contributed by atoms with Crippen molar-refractivity contribution >= 4 is 17.4 Å². The Hall–Kier alpha value is -2.11. The molecule has 3 rings (SSSR count). The van der Waals surface area contributed by atoms with Gasteiger partial charge in [-0.3, -0.25) is 0 Å². The van der Waals surface area contributed by atoms with Gasteiger partial charge in [-0.15, -0.1) is 5.10 Å². The van der Waals surface area contributed by atoms with Crippen molar-refractivity contribution in [2.24, 2.45) is 0 Å². The molecule has 0 aliphatic carbocycles. The largest absolute Gasteiger partial charge is 0.476 e. The Morgan fingerprint density at radius 3 is 2.72 bits per heavy atom. The maximum absolute atomic E-state index is 11.2. The number of carboxylic acids is 1. The molecule has 6 nitrogen and oxygen atoms in total. The first-order valence-corrected chi connectivity index (χ1v) is 6.01. The van der Waals surface area contributed by atoms with E-state index in [4.69, 9.17) is 0 Å². The van der Waals surface area contributed by atoms with Crippen molar-refractivity contribution in [3.8, 4) is 0 Å². The maximum Gasteiger partial charge on any atom is 0.356 e. The maximum atomic E-state index is 11.2. The first-order chi connectivity index (χ1) is 8.66. The lowest BCUT2D eigenvalue weighted by Gasteiger charge is -2.15. The van der Waals surface area contributed by atoms with Crippen LogP contribution >= 0.6 is 0 Å². The Morgan fingerprint density at radius 1 is 1.33 bits per heavy atom. The first-order valence-electron chi connectivity index (χ1n) is 6.01. The predicted octanol–water partition coefficient (Wildman–Crippen LogP) is 1.34. The van der Waals surface area contributed by atoms with Gasteiger partial charge in [-0.05, 0) is 31.9 Å². The summed E-state index contributed by atoms with van der Waals surface area (Å²) in [6.45, 7) is 3.65. The van der Waals surface area contributed by atoms with Crippen LogP contribution in [0.2, 0.25) is 0 Å². The van der Waals surface area contributed by atoms with Gasteiger partial charge in [-0.25, -0.2) is 14.3 Å². The molecule has 1 fully saturated rings. The van der Waals surface area contributed by atoms with Gasteiger partial charge in [0.15, 0.2) is 11.3 Å². The van der Waals surface area contributed by atoms with Gasteiger partial charge in [0.1, 0.15) is 5.82 Å². The molecule has 0 aromatic carbocycles. The van der Waals surface area contributed by atoms with Gasteiger partial charge in [0.2, 0.25) is 0 Å². The molecule has 3 heterocycles. The minimum atomic E-state index is -0.994. The van der Waals surface area contributed by atoms with Crippen LogP contribution in [0.25, 0.3) is 5.65 Å². The third-order valence-electron chi connectivity index (χ3n) is 3.27. The second kappa shape index (κ2) is 3.97. The number of rotatable bonds is 2. The number of nitrogens with zero attached hydrogens (tertiary/aromatic N) is 4. The van der Waals surface area contributed by atoms with Crippen LogP contribution in [0.15, 0.2) is 12.1 Å². The van der Waals surface area contributed by atoms with Crippen LogP contribution in [-0.2, 0) is 0 Å². The van der Waals surface area contributed by atoms with Gasteiger partial charge >= 0.3 is 5.97 Å². The molecule has 1 saturated heterocycles. The van der Waals surface area contributed by atoms with Crippen molar-refractivity contribution in [1.82, 2.24) is 14.6 Å². The Morgan fingerprint density at radius 2 is 2.06 bits per heavy atom. The van der Waals surface area contributed by atoms with Gasteiger partial charge in [0.25, 0.3) is 0 Å². The molecule has 0 atom stereocenters. The number of hydrogen-bond donors (Lipinski definition) is 1. The van der Waals surface area contributed by atoms with Gasteiger partial charge in [-0.2, -0.15) is 0 Å². The smallest absolute Gasteiger partial charge is 0.356 e. The van der Waals surface area contributed by atoms with Crippen LogP contribution in [0.4, 0.5) is 5.82 Å². The fraction of sp³-hybridized carbons (Fsp3) is 0.417.